The van der Waals surface area contributed by atoms with Crippen LogP contribution >= 0.6 is 0 Å². The first kappa shape index (κ1) is 24.2. The van der Waals surface area contributed by atoms with E-state index in [-0.39, 0.29) is 12.1 Å². The van der Waals surface area contributed by atoms with Crippen LogP contribution in [0, 0.1) is 11.7 Å². The Bertz CT molecular complexity index is 698. The van der Waals surface area contributed by atoms with Gasteiger partial charge in [-0.25, -0.2) is 9.37 Å². The zero-order valence-electron chi connectivity index (χ0n) is 15.8. The van der Waals surface area contributed by atoms with Crippen molar-refractivity contribution in [1.29, 1.82) is 0 Å². The monoisotopic (exact) mass is 450 g/mol. The normalized spacial score (nSPS) is 23.7. The summed E-state index contributed by atoms with van der Waals surface area (Å²) in [5.74, 6) is -2.31. The third-order valence-corrected chi connectivity index (χ3v) is 5.97. The van der Waals surface area contributed by atoms with E-state index in [0.717, 1.165) is 6.07 Å². The van der Waals surface area contributed by atoms with Gasteiger partial charge in [-0.2, -0.15) is 26.3 Å². The van der Waals surface area contributed by atoms with E-state index in [1.54, 1.807) is 20.8 Å². The van der Waals surface area contributed by atoms with Gasteiger partial charge in [-0.05, 0) is 45.7 Å². The number of halogens is 7. The summed E-state index contributed by atoms with van der Waals surface area (Å²) >= 11 is -1.77. The molecule has 0 spiro atoms. The summed E-state index contributed by atoms with van der Waals surface area (Å²) in [4.78, 5) is 3.35. The summed E-state index contributed by atoms with van der Waals surface area (Å²) < 4.78 is 110. The van der Waals surface area contributed by atoms with E-state index >= 15 is 0 Å². The fourth-order valence-corrected chi connectivity index (χ4v) is 3.71. The molecule has 4 nitrogen and oxygen atoms in total. The molecule has 1 aliphatic rings. The number of nitrogens with one attached hydrogen (secondary N) is 1. The standard InChI is InChI=1S/C17H21F7N2O2S/c1-15(2,3)29(27)26-13(9-4-7-12(28-8-9)16(19,20)21)11-6-5-10(18)14(25-11)17(22,23)24/h5-6,9,12-13,26H,4,7-8H2,1-3H3/t9-,12+,13+,29+/m0/s1. The van der Waals surface area contributed by atoms with Crippen molar-refractivity contribution < 1.29 is 40.0 Å². The molecule has 0 aliphatic carbocycles. The van der Waals surface area contributed by atoms with E-state index in [4.69, 9.17) is 4.74 Å². The van der Waals surface area contributed by atoms with Gasteiger partial charge in [0.05, 0.1) is 18.3 Å². The van der Waals surface area contributed by atoms with Gasteiger partial charge in [0.25, 0.3) is 0 Å². The number of aromatic nitrogens is 1. The average molecular weight is 450 g/mol. The van der Waals surface area contributed by atoms with Gasteiger partial charge in [-0.15, -0.1) is 4.72 Å². The first-order valence-electron chi connectivity index (χ1n) is 8.70. The van der Waals surface area contributed by atoms with E-state index in [0.29, 0.717) is 6.07 Å². The highest BCUT2D eigenvalue weighted by atomic mass is 32.2. The van der Waals surface area contributed by atoms with Gasteiger partial charge < -0.3 is 9.29 Å². The summed E-state index contributed by atoms with van der Waals surface area (Å²) in [5.41, 5.74) is -2.01. The lowest BCUT2D eigenvalue weighted by molar-refractivity contribution is -0.236. The van der Waals surface area contributed by atoms with Crippen LogP contribution in [0.1, 0.15) is 51.0 Å². The molecule has 1 saturated heterocycles. The Morgan fingerprint density at radius 1 is 1.14 bits per heavy atom. The van der Waals surface area contributed by atoms with Crippen molar-refractivity contribution in [2.45, 2.75) is 62.9 Å². The lowest BCUT2D eigenvalue weighted by Crippen LogP contribution is -2.46. The molecule has 0 aromatic carbocycles. The minimum Gasteiger partial charge on any atom is -0.598 e. The highest BCUT2D eigenvalue weighted by Gasteiger charge is 2.46. The van der Waals surface area contributed by atoms with Crippen molar-refractivity contribution in [3.63, 3.8) is 0 Å². The van der Waals surface area contributed by atoms with Gasteiger partial charge in [0.2, 0.25) is 0 Å². The molecule has 2 heterocycles. The Morgan fingerprint density at radius 2 is 1.76 bits per heavy atom. The molecule has 0 radical (unpaired) electrons. The molecule has 0 saturated carbocycles. The summed E-state index contributed by atoms with van der Waals surface area (Å²) in [6.45, 7) is 4.42. The van der Waals surface area contributed by atoms with Crippen LogP contribution in [0.3, 0.4) is 0 Å². The molecule has 1 aromatic heterocycles. The molecule has 1 aromatic rings. The van der Waals surface area contributed by atoms with Gasteiger partial charge in [-0.1, -0.05) is 0 Å². The third-order valence-electron chi connectivity index (χ3n) is 4.39. The predicted molar refractivity (Wildman–Crippen MR) is 91.5 cm³/mol. The van der Waals surface area contributed by atoms with Crippen LogP contribution in [-0.2, 0) is 22.3 Å². The molecule has 0 bridgehead atoms. The van der Waals surface area contributed by atoms with Crippen LogP contribution in [-0.4, -0.2) is 33.2 Å². The molecular weight excluding hydrogens is 429 g/mol. The zero-order valence-corrected chi connectivity index (χ0v) is 16.6. The first-order valence-corrected chi connectivity index (χ1v) is 9.85. The molecule has 29 heavy (non-hydrogen) atoms. The highest BCUT2D eigenvalue weighted by molar-refractivity contribution is 7.90. The molecule has 12 heteroatoms. The second kappa shape index (κ2) is 8.56. The van der Waals surface area contributed by atoms with E-state index < -0.39 is 71.1 Å². The summed E-state index contributed by atoms with van der Waals surface area (Å²) in [6.07, 6.45) is -12.0. The summed E-state index contributed by atoms with van der Waals surface area (Å²) in [6, 6.07) is 0.464. The fraction of sp³-hybridized carbons (Fsp3) is 0.706. The van der Waals surface area contributed by atoms with Crippen molar-refractivity contribution in [3.8, 4) is 0 Å². The van der Waals surface area contributed by atoms with Crippen molar-refractivity contribution in [1.82, 2.24) is 9.71 Å². The second-order valence-corrected chi connectivity index (χ2v) is 9.74. The molecule has 1 aliphatic heterocycles. The van der Waals surface area contributed by atoms with Crippen molar-refractivity contribution >= 4 is 11.4 Å². The lowest BCUT2D eigenvalue weighted by atomic mass is 9.89. The van der Waals surface area contributed by atoms with Crippen molar-refractivity contribution in [2.75, 3.05) is 6.61 Å². The van der Waals surface area contributed by atoms with E-state index in [9.17, 15) is 35.3 Å². The minimum absolute atomic E-state index is 0.0520. The molecule has 0 unspecified atom stereocenters. The maximum Gasteiger partial charge on any atom is 0.436 e. The topological polar surface area (TPSA) is 57.2 Å². The highest BCUT2D eigenvalue weighted by Crippen LogP contribution is 2.38. The fourth-order valence-electron chi connectivity index (χ4n) is 2.81. The Kier molecular flexibility index (Phi) is 7.13. The van der Waals surface area contributed by atoms with Gasteiger partial charge in [-0.3, -0.25) is 0 Å². The first-order chi connectivity index (χ1) is 13.1. The third kappa shape index (κ3) is 6.19. The SMILES string of the molecule is CC(C)(C)[S@@+]([O-])N[C@@H](c1ccc(F)c(C(F)(F)F)n1)[C@H]1CC[C@H](C(F)(F)F)OC1. The number of hydrogen-bond acceptors (Lipinski definition) is 4. The molecule has 166 valence electrons. The van der Waals surface area contributed by atoms with Crippen LogP contribution in [0.5, 0.6) is 0 Å². The molecular formula is C17H21F7N2O2S. The summed E-state index contributed by atoms with van der Waals surface area (Å²) in [7, 11) is 0. The number of rotatable bonds is 4. The second-order valence-electron chi connectivity index (χ2n) is 7.74. The number of alkyl halides is 6. The van der Waals surface area contributed by atoms with Gasteiger partial charge in [0.15, 0.2) is 17.6 Å². The van der Waals surface area contributed by atoms with Gasteiger partial charge in [0, 0.05) is 17.3 Å². The maximum atomic E-state index is 13.6. The van der Waals surface area contributed by atoms with Crippen LogP contribution < -0.4 is 4.72 Å². The zero-order chi connectivity index (χ0) is 22.2. The lowest BCUT2D eigenvalue weighted by Gasteiger charge is -2.36. The Hall–Kier alpha value is -1.11. The van der Waals surface area contributed by atoms with Crippen molar-refractivity contribution in [3.05, 3.63) is 29.3 Å². The molecule has 1 fully saturated rings. The molecule has 0 amide bonds. The van der Waals surface area contributed by atoms with E-state index in [2.05, 4.69) is 9.71 Å². The van der Waals surface area contributed by atoms with Crippen LogP contribution in [0.15, 0.2) is 12.1 Å². The molecule has 4 atom stereocenters. The number of hydrogen-bond donors (Lipinski definition) is 1. The molecule has 2 rings (SSSR count). The minimum atomic E-state index is -5.06. The number of ether oxygens (including phenoxy) is 1. The van der Waals surface area contributed by atoms with E-state index in [1.165, 1.54) is 0 Å². The predicted octanol–water partition coefficient (Wildman–Crippen LogP) is 4.69. The van der Waals surface area contributed by atoms with Gasteiger partial charge >= 0.3 is 12.4 Å². The maximum absolute atomic E-state index is 13.6. The number of pyridine rings is 1. The summed E-state index contributed by atoms with van der Waals surface area (Å²) in [5, 5.41) is 0. The largest absolute Gasteiger partial charge is 0.598 e. The van der Waals surface area contributed by atoms with Crippen LogP contribution in [0.2, 0.25) is 0 Å². The van der Waals surface area contributed by atoms with Crippen LogP contribution in [0.4, 0.5) is 30.7 Å². The average Bonchev–Trinajstić information content (AvgIpc) is 2.57. The molecule has 1 N–H and O–H groups in total. The van der Waals surface area contributed by atoms with E-state index in [1.807, 2.05) is 0 Å². The Balaban J connectivity index is 2.34. The van der Waals surface area contributed by atoms with Gasteiger partial charge in [0.1, 0.15) is 4.75 Å². The van der Waals surface area contributed by atoms with Crippen molar-refractivity contribution in [2.24, 2.45) is 5.92 Å². The smallest absolute Gasteiger partial charge is 0.436 e. The number of nitrogens with zero attached hydrogens (tertiary/aromatic N) is 1. The quantitative estimate of drug-likeness (QED) is 0.534. The van der Waals surface area contributed by atoms with Crippen LogP contribution in [0.25, 0.3) is 0 Å². The Labute approximate surface area is 166 Å². The Morgan fingerprint density at radius 3 is 2.21 bits per heavy atom.